The largest absolute Gasteiger partial charge is 0.484 e. The highest BCUT2D eigenvalue weighted by atomic mass is 16.5. The van der Waals surface area contributed by atoms with Crippen molar-refractivity contribution in [3.63, 3.8) is 0 Å². The van der Waals surface area contributed by atoms with Crippen LogP contribution >= 0.6 is 0 Å². The third kappa shape index (κ3) is 3.59. The number of ether oxygens (including phenoxy) is 1. The van der Waals surface area contributed by atoms with Gasteiger partial charge in [-0.25, -0.2) is 0 Å². The molecule has 0 bridgehead atoms. The zero-order chi connectivity index (χ0) is 17.1. The Morgan fingerprint density at radius 1 is 1.12 bits per heavy atom. The number of amides is 1. The van der Waals surface area contributed by atoms with Crippen LogP contribution in [0.4, 0.5) is 0 Å². The molecule has 0 fully saturated rings. The molecule has 4 heteroatoms. The number of benzene rings is 2. The second kappa shape index (κ2) is 6.79. The number of rotatable bonds is 5. The molecule has 124 valence electrons. The molecule has 0 aliphatic carbocycles. The highest BCUT2D eigenvalue weighted by molar-refractivity contribution is 5.79. The molecule has 1 unspecified atom stereocenters. The number of carbonyl (C=O) groups is 1. The molecule has 1 heterocycles. The first-order valence-electron chi connectivity index (χ1n) is 8.01. The summed E-state index contributed by atoms with van der Waals surface area (Å²) in [6.07, 6.45) is 0. The highest BCUT2D eigenvalue weighted by Crippen LogP contribution is 2.23. The topological polar surface area (TPSA) is 51.5 Å². The van der Waals surface area contributed by atoms with Crippen LogP contribution in [0.3, 0.4) is 0 Å². The molecule has 2 aromatic carbocycles. The Morgan fingerprint density at radius 3 is 2.67 bits per heavy atom. The summed E-state index contributed by atoms with van der Waals surface area (Å²) in [7, 11) is 0. The molecule has 0 spiro atoms. The fourth-order valence-electron chi connectivity index (χ4n) is 2.52. The van der Waals surface area contributed by atoms with E-state index in [1.807, 2.05) is 69.3 Å². The van der Waals surface area contributed by atoms with Crippen LogP contribution < -0.4 is 10.1 Å². The summed E-state index contributed by atoms with van der Waals surface area (Å²) in [5, 5.41) is 3.92. The summed E-state index contributed by atoms with van der Waals surface area (Å²) in [5.74, 6) is 1.25. The van der Waals surface area contributed by atoms with Crippen LogP contribution in [-0.4, -0.2) is 12.5 Å². The molecule has 1 atom stereocenters. The lowest BCUT2D eigenvalue weighted by Crippen LogP contribution is -2.31. The summed E-state index contributed by atoms with van der Waals surface area (Å²) in [5.41, 5.74) is 3.16. The van der Waals surface area contributed by atoms with Crippen LogP contribution in [0.2, 0.25) is 0 Å². The maximum absolute atomic E-state index is 12.1. The summed E-state index contributed by atoms with van der Waals surface area (Å²) in [4.78, 5) is 12.1. The fraction of sp³-hybridized carbons (Fsp3) is 0.250. The smallest absolute Gasteiger partial charge is 0.258 e. The van der Waals surface area contributed by atoms with Crippen molar-refractivity contribution in [3.05, 3.63) is 65.4 Å². The van der Waals surface area contributed by atoms with E-state index in [-0.39, 0.29) is 18.6 Å². The molecule has 4 nitrogen and oxygen atoms in total. The molecule has 3 aromatic rings. The van der Waals surface area contributed by atoms with Gasteiger partial charge in [0.15, 0.2) is 6.61 Å². The minimum absolute atomic E-state index is 0.0208. The average molecular weight is 323 g/mol. The van der Waals surface area contributed by atoms with Crippen LogP contribution in [0.5, 0.6) is 5.75 Å². The third-order valence-electron chi connectivity index (χ3n) is 4.10. The molecule has 1 N–H and O–H groups in total. The number of aryl methyl sites for hydroxylation is 2. The van der Waals surface area contributed by atoms with Crippen LogP contribution in [0, 0.1) is 13.8 Å². The van der Waals surface area contributed by atoms with Gasteiger partial charge in [-0.05, 0) is 56.2 Å². The quantitative estimate of drug-likeness (QED) is 0.761. The van der Waals surface area contributed by atoms with E-state index in [1.165, 1.54) is 5.56 Å². The van der Waals surface area contributed by atoms with Crippen molar-refractivity contribution in [2.45, 2.75) is 26.8 Å². The Bertz CT molecular complexity index is 833. The number of carbonyl (C=O) groups excluding carboxylic acids is 1. The summed E-state index contributed by atoms with van der Waals surface area (Å²) in [6.45, 7) is 5.94. The third-order valence-corrected chi connectivity index (χ3v) is 4.10. The van der Waals surface area contributed by atoms with E-state index in [2.05, 4.69) is 5.32 Å². The second-order valence-electron chi connectivity index (χ2n) is 6.01. The first-order valence-corrected chi connectivity index (χ1v) is 8.01. The first-order chi connectivity index (χ1) is 11.5. The van der Waals surface area contributed by atoms with E-state index in [4.69, 9.17) is 9.15 Å². The molecule has 1 amide bonds. The minimum Gasteiger partial charge on any atom is -0.484 e. The highest BCUT2D eigenvalue weighted by Gasteiger charge is 2.14. The molecule has 0 saturated heterocycles. The molecule has 3 rings (SSSR count). The minimum atomic E-state index is -0.215. The number of hydrogen-bond acceptors (Lipinski definition) is 3. The van der Waals surface area contributed by atoms with Crippen molar-refractivity contribution in [2.75, 3.05) is 6.61 Å². The Kier molecular flexibility index (Phi) is 4.56. The van der Waals surface area contributed by atoms with Gasteiger partial charge in [-0.2, -0.15) is 0 Å². The Morgan fingerprint density at radius 2 is 1.92 bits per heavy atom. The van der Waals surface area contributed by atoms with Gasteiger partial charge in [0.25, 0.3) is 5.91 Å². The zero-order valence-corrected chi connectivity index (χ0v) is 14.1. The van der Waals surface area contributed by atoms with Crippen molar-refractivity contribution >= 4 is 16.9 Å². The average Bonchev–Trinajstić information content (AvgIpc) is 3.00. The maximum Gasteiger partial charge on any atom is 0.258 e. The van der Waals surface area contributed by atoms with Crippen LogP contribution in [0.25, 0.3) is 11.0 Å². The first kappa shape index (κ1) is 16.1. The number of hydrogen-bond donors (Lipinski definition) is 1. The van der Waals surface area contributed by atoms with Crippen LogP contribution in [-0.2, 0) is 4.79 Å². The van der Waals surface area contributed by atoms with Crippen molar-refractivity contribution < 1.29 is 13.9 Å². The summed E-state index contributed by atoms with van der Waals surface area (Å²) >= 11 is 0. The SMILES string of the molecule is Cc1ccc(OCC(=O)NC(C)c2cc3ccccc3o2)cc1C. The van der Waals surface area contributed by atoms with Gasteiger partial charge < -0.3 is 14.5 Å². The van der Waals surface area contributed by atoms with Crippen LogP contribution in [0.15, 0.2) is 52.9 Å². The maximum atomic E-state index is 12.1. The molecule has 0 aliphatic heterocycles. The number of para-hydroxylation sites is 1. The lowest BCUT2D eigenvalue weighted by atomic mass is 10.1. The normalized spacial score (nSPS) is 12.1. The molecular formula is C20H21NO3. The van der Waals surface area contributed by atoms with Gasteiger partial charge in [-0.3, -0.25) is 4.79 Å². The zero-order valence-electron chi connectivity index (χ0n) is 14.1. The van der Waals surface area contributed by atoms with E-state index < -0.39 is 0 Å². The van der Waals surface area contributed by atoms with Crippen molar-refractivity contribution in [1.82, 2.24) is 5.32 Å². The molecular weight excluding hydrogens is 302 g/mol. The van der Waals surface area contributed by atoms with Crippen LogP contribution in [0.1, 0.15) is 29.9 Å². The van der Waals surface area contributed by atoms with E-state index in [1.54, 1.807) is 0 Å². The van der Waals surface area contributed by atoms with Crippen molar-refractivity contribution in [2.24, 2.45) is 0 Å². The van der Waals surface area contributed by atoms with E-state index in [9.17, 15) is 4.79 Å². The lowest BCUT2D eigenvalue weighted by Gasteiger charge is -2.12. The molecule has 24 heavy (non-hydrogen) atoms. The van der Waals surface area contributed by atoms with Gasteiger partial charge in [-0.15, -0.1) is 0 Å². The number of fused-ring (bicyclic) bond motifs is 1. The van der Waals surface area contributed by atoms with Gasteiger partial charge in [0.05, 0.1) is 6.04 Å². The molecule has 0 radical (unpaired) electrons. The Hall–Kier alpha value is -2.75. The Labute approximate surface area is 141 Å². The summed E-state index contributed by atoms with van der Waals surface area (Å²) < 4.78 is 11.3. The Balaban J connectivity index is 1.58. The predicted octanol–water partition coefficient (Wildman–Crippen LogP) is 4.31. The van der Waals surface area contributed by atoms with E-state index in [0.717, 1.165) is 22.3 Å². The predicted molar refractivity (Wildman–Crippen MR) is 94.2 cm³/mol. The van der Waals surface area contributed by atoms with Gasteiger partial charge >= 0.3 is 0 Å². The summed E-state index contributed by atoms with van der Waals surface area (Å²) in [6, 6.07) is 15.3. The van der Waals surface area contributed by atoms with Gasteiger partial charge in [0.2, 0.25) is 0 Å². The van der Waals surface area contributed by atoms with Gasteiger partial charge in [0.1, 0.15) is 17.1 Å². The lowest BCUT2D eigenvalue weighted by molar-refractivity contribution is -0.123. The monoisotopic (exact) mass is 323 g/mol. The molecule has 0 aliphatic rings. The van der Waals surface area contributed by atoms with Crippen molar-refractivity contribution in [1.29, 1.82) is 0 Å². The van der Waals surface area contributed by atoms with E-state index in [0.29, 0.717) is 5.75 Å². The molecule has 1 aromatic heterocycles. The number of furan rings is 1. The van der Waals surface area contributed by atoms with Gasteiger partial charge in [-0.1, -0.05) is 24.3 Å². The van der Waals surface area contributed by atoms with E-state index >= 15 is 0 Å². The standard InChI is InChI=1S/C20H21NO3/c1-13-8-9-17(10-14(13)2)23-12-20(22)21-15(3)19-11-16-6-4-5-7-18(16)24-19/h4-11,15H,12H2,1-3H3,(H,21,22). The fourth-order valence-corrected chi connectivity index (χ4v) is 2.52. The second-order valence-corrected chi connectivity index (χ2v) is 6.01. The number of nitrogens with one attached hydrogen (secondary N) is 1. The van der Waals surface area contributed by atoms with Crippen molar-refractivity contribution in [3.8, 4) is 5.75 Å². The molecule has 0 saturated carbocycles. The van der Waals surface area contributed by atoms with Gasteiger partial charge in [0, 0.05) is 5.39 Å².